The van der Waals surface area contributed by atoms with E-state index in [1.807, 2.05) is 0 Å². The van der Waals surface area contributed by atoms with Crippen LogP contribution in [0.5, 0.6) is 0 Å². The molecule has 35 heavy (non-hydrogen) atoms. The Morgan fingerprint density at radius 2 is 1.63 bits per heavy atom. The van der Waals surface area contributed by atoms with Gasteiger partial charge >= 0.3 is 0 Å². The Balaban J connectivity index is 1.62. The highest BCUT2D eigenvalue weighted by Gasteiger charge is 2.28. The van der Waals surface area contributed by atoms with E-state index in [0.29, 0.717) is 0 Å². The molecule has 0 spiro atoms. The lowest BCUT2D eigenvalue weighted by atomic mass is 9.96. The van der Waals surface area contributed by atoms with E-state index in [1.165, 1.54) is 50.3 Å². The van der Waals surface area contributed by atoms with Crippen molar-refractivity contribution in [1.82, 2.24) is 0 Å². The van der Waals surface area contributed by atoms with Crippen molar-refractivity contribution in [2.45, 2.75) is 46.6 Å². The number of nitrogens with zero attached hydrogens (tertiary/aromatic N) is 2. The van der Waals surface area contributed by atoms with Crippen molar-refractivity contribution in [3.63, 3.8) is 0 Å². The van der Waals surface area contributed by atoms with E-state index in [2.05, 4.69) is 116 Å². The van der Waals surface area contributed by atoms with Crippen LogP contribution in [0.2, 0.25) is 0 Å². The minimum absolute atomic E-state index is 0.917. The van der Waals surface area contributed by atoms with E-state index in [4.69, 9.17) is 0 Å². The number of fused-ring (bicyclic) bond motifs is 2. The number of rotatable bonds is 5. The number of pyridine rings is 1. The molecule has 0 atom stereocenters. The number of allylic oxidation sites excluding steroid dienone is 7. The van der Waals surface area contributed by atoms with Gasteiger partial charge in [-0.15, -0.1) is 0 Å². The number of hydrogen-bond donors (Lipinski definition) is 0. The third-order valence-corrected chi connectivity index (χ3v) is 7.51. The van der Waals surface area contributed by atoms with E-state index >= 15 is 0 Å². The maximum atomic E-state index is 4.49. The molecular weight excluding hydrogens is 424 g/mol. The maximum absolute atomic E-state index is 4.49. The van der Waals surface area contributed by atoms with Gasteiger partial charge in [-0.05, 0) is 90.8 Å². The average molecular weight is 460 g/mol. The van der Waals surface area contributed by atoms with Gasteiger partial charge in [-0.2, -0.15) is 4.57 Å². The maximum Gasteiger partial charge on any atom is 0.212 e. The van der Waals surface area contributed by atoms with Crippen molar-refractivity contribution in [3.05, 3.63) is 125 Å². The van der Waals surface area contributed by atoms with E-state index in [0.717, 1.165) is 43.5 Å². The summed E-state index contributed by atoms with van der Waals surface area (Å²) in [7, 11) is 0. The van der Waals surface area contributed by atoms with Gasteiger partial charge in [0.2, 0.25) is 11.2 Å². The quantitative estimate of drug-likeness (QED) is 0.354. The largest absolute Gasteiger partial charge is 0.345 e. The van der Waals surface area contributed by atoms with Gasteiger partial charge in [0.25, 0.3) is 0 Å². The molecule has 0 unspecified atom stereocenters. The molecule has 1 aliphatic carbocycles. The van der Waals surface area contributed by atoms with Crippen molar-refractivity contribution < 1.29 is 4.57 Å². The summed E-state index contributed by atoms with van der Waals surface area (Å²) in [5.74, 6) is 0. The molecule has 0 saturated heterocycles. The van der Waals surface area contributed by atoms with Gasteiger partial charge in [-0.3, -0.25) is 0 Å². The van der Waals surface area contributed by atoms with Crippen LogP contribution in [-0.4, -0.2) is 6.54 Å². The molecule has 0 fully saturated rings. The Bertz CT molecular complexity index is 1430. The molecule has 0 N–H and O–H groups in total. The standard InChI is InChI=1S/C33H35N2/c1-6-29-30(21-27-19-17-25-13-9-11-15-32(25)34(27)7-2)23(4)24(5)31(29)22-28-20-18-26-14-10-12-16-33(26)35(28)8-3/h9-17,19,21-22H,4-8,18,20H2,1-3H3/q+1. The molecule has 0 saturated carbocycles. The minimum Gasteiger partial charge on any atom is -0.345 e. The summed E-state index contributed by atoms with van der Waals surface area (Å²) in [6, 6.07) is 21.8. The predicted octanol–water partition coefficient (Wildman–Crippen LogP) is 7.72. The highest BCUT2D eigenvalue weighted by molar-refractivity contribution is 5.81. The highest BCUT2D eigenvalue weighted by Crippen LogP contribution is 2.43. The van der Waals surface area contributed by atoms with Crippen LogP contribution in [0.1, 0.15) is 44.9 Å². The first-order chi connectivity index (χ1) is 17.1. The lowest BCUT2D eigenvalue weighted by Gasteiger charge is -2.33. The second-order valence-corrected chi connectivity index (χ2v) is 9.33. The molecule has 0 amide bonds. The Hall–Kier alpha value is -3.65. The van der Waals surface area contributed by atoms with E-state index in [-0.39, 0.29) is 0 Å². The summed E-state index contributed by atoms with van der Waals surface area (Å²) in [5, 5.41) is 1.26. The first-order valence-electron chi connectivity index (χ1n) is 12.9. The normalized spacial score (nSPS) is 18.3. The van der Waals surface area contributed by atoms with Gasteiger partial charge in [0, 0.05) is 41.5 Å². The van der Waals surface area contributed by atoms with Crippen LogP contribution in [0.4, 0.5) is 5.69 Å². The monoisotopic (exact) mass is 459 g/mol. The van der Waals surface area contributed by atoms with Crippen molar-refractivity contribution in [2.75, 3.05) is 11.4 Å². The molecule has 1 aromatic heterocycles. The molecule has 2 aliphatic rings. The molecule has 5 rings (SSSR count). The SMILES string of the molecule is C=C1C(=C)/C(=C/c2ccc3ccccc3[n+]2CC)C(CC)=C1/C=C1\CCc2ccccc2N1CC. The molecule has 2 nitrogen and oxygen atoms in total. The van der Waals surface area contributed by atoms with Crippen LogP contribution >= 0.6 is 0 Å². The van der Waals surface area contributed by atoms with Gasteiger partial charge < -0.3 is 4.90 Å². The lowest BCUT2D eigenvalue weighted by Crippen LogP contribution is -2.36. The molecule has 2 heterocycles. The van der Waals surface area contributed by atoms with Crippen LogP contribution in [0.15, 0.2) is 113 Å². The molecular formula is C33H35N2+. The smallest absolute Gasteiger partial charge is 0.212 e. The fourth-order valence-corrected chi connectivity index (χ4v) is 5.70. The van der Waals surface area contributed by atoms with Crippen LogP contribution < -0.4 is 9.47 Å². The molecule has 1 aliphatic heterocycles. The first-order valence-corrected chi connectivity index (χ1v) is 12.9. The molecule has 2 heteroatoms. The number of aryl methyl sites for hydroxylation is 2. The second-order valence-electron chi connectivity index (χ2n) is 9.33. The molecule has 0 bridgehead atoms. The summed E-state index contributed by atoms with van der Waals surface area (Å²) in [5.41, 5.74) is 12.5. The van der Waals surface area contributed by atoms with Gasteiger partial charge in [-0.1, -0.05) is 50.4 Å². The second kappa shape index (κ2) is 9.54. The van der Waals surface area contributed by atoms with Gasteiger partial charge in [-0.25, -0.2) is 0 Å². The fraction of sp³-hybridized carbons (Fsp3) is 0.242. The predicted molar refractivity (Wildman–Crippen MR) is 149 cm³/mol. The average Bonchev–Trinajstić information content (AvgIpc) is 3.12. The van der Waals surface area contributed by atoms with E-state index in [9.17, 15) is 0 Å². The van der Waals surface area contributed by atoms with Gasteiger partial charge in [0.1, 0.15) is 6.54 Å². The summed E-state index contributed by atoms with van der Waals surface area (Å²) < 4.78 is 2.39. The minimum atomic E-state index is 0.917. The first kappa shape index (κ1) is 23.1. The Kier molecular flexibility index (Phi) is 6.30. The Morgan fingerprint density at radius 3 is 2.40 bits per heavy atom. The highest BCUT2D eigenvalue weighted by atomic mass is 15.1. The molecule has 2 aromatic carbocycles. The molecule has 176 valence electrons. The van der Waals surface area contributed by atoms with E-state index in [1.54, 1.807) is 0 Å². The van der Waals surface area contributed by atoms with Crippen molar-refractivity contribution >= 4 is 22.7 Å². The van der Waals surface area contributed by atoms with Gasteiger partial charge in [0.15, 0.2) is 0 Å². The number of benzene rings is 2. The molecule has 3 aromatic rings. The van der Waals surface area contributed by atoms with Crippen LogP contribution in [0, 0.1) is 0 Å². The zero-order valence-corrected chi connectivity index (χ0v) is 21.3. The lowest BCUT2D eigenvalue weighted by molar-refractivity contribution is -0.669. The zero-order chi connectivity index (χ0) is 24.5. The summed E-state index contributed by atoms with van der Waals surface area (Å²) >= 11 is 0. The van der Waals surface area contributed by atoms with Crippen molar-refractivity contribution in [3.8, 4) is 0 Å². The summed E-state index contributed by atoms with van der Waals surface area (Å²) in [4.78, 5) is 2.46. The third kappa shape index (κ3) is 3.97. The third-order valence-electron chi connectivity index (χ3n) is 7.51. The van der Waals surface area contributed by atoms with Crippen molar-refractivity contribution in [2.24, 2.45) is 0 Å². The number of hydrogen-bond acceptors (Lipinski definition) is 1. The van der Waals surface area contributed by atoms with Crippen LogP contribution in [0.25, 0.3) is 17.0 Å². The van der Waals surface area contributed by atoms with Gasteiger partial charge in [0.05, 0.1) is 0 Å². The van der Waals surface area contributed by atoms with E-state index < -0.39 is 0 Å². The van der Waals surface area contributed by atoms with Crippen LogP contribution in [-0.2, 0) is 13.0 Å². The Labute approximate surface area is 209 Å². The fourth-order valence-electron chi connectivity index (χ4n) is 5.70. The zero-order valence-electron chi connectivity index (χ0n) is 21.3. The van der Waals surface area contributed by atoms with Crippen molar-refractivity contribution in [1.29, 1.82) is 0 Å². The summed E-state index contributed by atoms with van der Waals surface area (Å²) in [6.07, 6.45) is 7.79. The Morgan fingerprint density at radius 1 is 0.857 bits per heavy atom. The number of para-hydroxylation sites is 2. The number of anilines is 1. The molecule has 0 radical (unpaired) electrons. The number of aromatic nitrogens is 1. The summed E-state index contributed by atoms with van der Waals surface area (Å²) in [6.45, 7) is 17.6. The topological polar surface area (TPSA) is 7.12 Å². The van der Waals surface area contributed by atoms with Crippen LogP contribution in [0.3, 0.4) is 0 Å².